The van der Waals surface area contributed by atoms with Gasteiger partial charge in [-0.1, -0.05) is 0 Å². The van der Waals surface area contributed by atoms with Crippen LogP contribution < -0.4 is 0 Å². The van der Waals surface area contributed by atoms with E-state index in [0.29, 0.717) is 31.6 Å². The van der Waals surface area contributed by atoms with Gasteiger partial charge in [0.05, 0.1) is 0 Å². The van der Waals surface area contributed by atoms with Gasteiger partial charge in [-0.2, -0.15) is 0 Å². The Morgan fingerprint density at radius 3 is 2.94 bits per heavy atom. The highest BCUT2D eigenvalue weighted by Crippen LogP contribution is 2.17. The molecule has 0 aromatic carbocycles. The average molecular weight is 222 g/mol. The van der Waals surface area contributed by atoms with E-state index in [2.05, 4.69) is 9.97 Å². The van der Waals surface area contributed by atoms with E-state index < -0.39 is 0 Å². The second-order valence-corrected chi connectivity index (χ2v) is 3.94. The first-order chi connectivity index (χ1) is 7.79. The molecule has 0 unspecified atom stereocenters. The highest BCUT2D eigenvalue weighted by Gasteiger charge is 2.21. The van der Waals surface area contributed by atoms with E-state index >= 15 is 0 Å². The van der Waals surface area contributed by atoms with Gasteiger partial charge in [0.2, 0.25) is 0 Å². The van der Waals surface area contributed by atoms with Gasteiger partial charge < -0.3 is 9.72 Å². The summed E-state index contributed by atoms with van der Waals surface area (Å²) in [5.74, 6) is 0.566. The number of rotatable bonds is 4. The first kappa shape index (κ1) is 11.0. The van der Waals surface area contributed by atoms with Crippen molar-refractivity contribution in [2.24, 2.45) is 5.92 Å². The zero-order valence-corrected chi connectivity index (χ0v) is 8.94. The number of Topliss-reactive ketones (excluding diaryl/α,β-unsaturated/α-hetero) is 1. The highest BCUT2D eigenvalue weighted by molar-refractivity contribution is 5.83. The average Bonchev–Trinajstić information content (AvgIpc) is 2.78. The normalized spacial score (nSPS) is 17.2. The number of ketones is 1. The number of ether oxygens (including phenoxy) is 1. The molecule has 5 heteroatoms. The van der Waals surface area contributed by atoms with Crippen LogP contribution in [-0.2, 0) is 16.0 Å². The topological polar surface area (TPSA) is 72.1 Å². The number of nitrogens with one attached hydrogen (secondary N) is 1. The van der Waals surface area contributed by atoms with Gasteiger partial charge in [-0.15, -0.1) is 0 Å². The minimum absolute atomic E-state index is 0.0942. The fourth-order valence-electron chi connectivity index (χ4n) is 1.88. The fourth-order valence-corrected chi connectivity index (χ4v) is 1.88. The Morgan fingerprint density at radius 1 is 1.56 bits per heavy atom. The molecule has 0 bridgehead atoms. The second kappa shape index (κ2) is 5.03. The molecule has 0 spiro atoms. The Morgan fingerprint density at radius 2 is 2.31 bits per heavy atom. The maximum atomic E-state index is 11.9. The Hall–Kier alpha value is -1.49. The Labute approximate surface area is 93.2 Å². The molecule has 1 aromatic heterocycles. The molecule has 1 saturated heterocycles. The number of nitrogens with zero attached hydrogens (tertiary/aromatic N) is 1. The summed E-state index contributed by atoms with van der Waals surface area (Å²) < 4.78 is 5.20. The lowest BCUT2D eigenvalue weighted by Gasteiger charge is -2.20. The first-order valence-corrected chi connectivity index (χ1v) is 5.39. The summed E-state index contributed by atoms with van der Waals surface area (Å²) in [6.45, 7) is 1.33. The van der Waals surface area contributed by atoms with Crippen molar-refractivity contribution >= 4 is 12.1 Å². The van der Waals surface area contributed by atoms with Gasteiger partial charge in [0.1, 0.15) is 5.78 Å². The van der Waals surface area contributed by atoms with E-state index in [1.165, 1.54) is 0 Å². The van der Waals surface area contributed by atoms with Crippen LogP contribution in [0.15, 0.2) is 6.20 Å². The third kappa shape index (κ3) is 2.55. The van der Waals surface area contributed by atoms with Crippen LogP contribution in [0.5, 0.6) is 0 Å². The predicted octanol–water partition coefficient (Wildman–Crippen LogP) is 0.760. The van der Waals surface area contributed by atoms with E-state index in [4.69, 9.17) is 4.74 Å². The molecule has 2 heterocycles. The molecule has 0 aliphatic carbocycles. The van der Waals surface area contributed by atoms with E-state index in [9.17, 15) is 9.59 Å². The molecule has 1 fully saturated rings. The van der Waals surface area contributed by atoms with Crippen LogP contribution in [0.2, 0.25) is 0 Å². The van der Waals surface area contributed by atoms with Crippen LogP contribution in [0.25, 0.3) is 0 Å². The van der Waals surface area contributed by atoms with Crippen LogP contribution in [0, 0.1) is 5.92 Å². The van der Waals surface area contributed by atoms with Crippen molar-refractivity contribution in [3.63, 3.8) is 0 Å². The quantitative estimate of drug-likeness (QED) is 0.763. The standard InChI is InChI=1S/C11H14N2O3/c14-7-11-12-6-9(13-11)5-10(15)8-1-3-16-4-2-8/h6-8H,1-5H2,(H,12,13). The van der Waals surface area contributed by atoms with Gasteiger partial charge >= 0.3 is 0 Å². The minimum Gasteiger partial charge on any atom is -0.381 e. The summed E-state index contributed by atoms with van der Waals surface area (Å²) in [6.07, 6.45) is 4.11. The number of H-pyrrole nitrogens is 1. The number of hydrogen-bond donors (Lipinski definition) is 1. The van der Waals surface area contributed by atoms with E-state index in [-0.39, 0.29) is 17.5 Å². The van der Waals surface area contributed by atoms with Crippen molar-refractivity contribution < 1.29 is 14.3 Å². The number of imidazole rings is 1. The lowest BCUT2D eigenvalue weighted by molar-refractivity contribution is -0.125. The molecule has 1 aliphatic heterocycles. The molecule has 1 aromatic rings. The number of aromatic nitrogens is 2. The molecule has 16 heavy (non-hydrogen) atoms. The van der Waals surface area contributed by atoms with Crippen LogP contribution in [0.1, 0.15) is 29.2 Å². The monoisotopic (exact) mass is 222 g/mol. The van der Waals surface area contributed by atoms with Crippen molar-refractivity contribution in [1.82, 2.24) is 9.97 Å². The van der Waals surface area contributed by atoms with E-state index in [1.807, 2.05) is 0 Å². The number of aromatic amines is 1. The van der Waals surface area contributed by atoms with Gasteiger partial charge in [-0.05, 0) is 12.8 Å². The summed E-state index contributed by atoms with van der Waals surface area (Å²) in [4.78, 5) is 28.9. The maximum Gasteiger partial charge on any atom is 0.185 e. The maximum absolute atomic E-state index is 11.9. The Kier molecular flexibility index (Phi) is 3.46. The SMILES string of the molecule is O=Cc1ncc(CC(=O)C2CCOCC2)[nH]1. The van der Waals surface area contributed by atoms with Gasteiger partial charge in [0, 0.05) is 37.4 Å². The molecule has 2 rings (SSSR count). The van der Waals surface area contributed by atoms with Crippen molar-refractivity contribution in [3.05, 3.63) is 17.7 Å². The first-order valence-electron chi connectivity index (χ1n) is 5.39. The number of carbonyl (C=O) groups is 2. The molecular weight excluding hydrogens is 208 g/mol. The Bertz CT molecular complexity index is 380. The molecular formula is C11H14N2O3. The summed E-state index contributed by atoms with van der Waals surface area (Å²) >= 11 is 0. The van der Waals surface area contributed by atoms with Gasteiger partial charge in [0.25, 0.3) is 0 Å². The van der Waals surface area contributed by atoms with Crippen LogP contribution >= 0.6 is 0 Å². The van der Waals surface area contributed by atoms with E-state index in [1.54, 1.807) is 6.20 Å². The molecule has 5 nitrogen and oxygen atoms in total. The summed E-state index contributed by atoms with van der Waals surface area (Å²) in [7, 11) is 0. The molecule has 0 radical (unpaired) electrons. The molecule has 1 N–H and O–H groups in total. The van der Waals surface area contributed by atoms with Crippen molar-refractivity contribution in [2.75, 3.05) is 13.2 Å². The van der Waals surface area contributed by atoms with Crippen LogP contribution in [0.4, 0.5) is 0 Å². The van der Waals surface area contributed by atoms with Crippen molar-refractivity contribution in [1.29, 1.82) is 0 Å². The predicted molar refractivity (Wildman–Crippen MR) is 56.2 cm³/mol. The van der Waals surface area contributed by atoms with Gasteiger partial charge in [-0.3, -0.25) is 9.59 Å². The zero-order valence-electron chi connectivity index (χ0n) is 8.94. The molecule has 1 aliphatic rings. The molecule has 86 valence electrons. The molecule has 0 saturated carbocycles. The van der Waals surface area contributed by atoms with Crippen molar-refractivity contribution in [3.8, 4) is 0 Å². The number of carbonyl (C=O) groups excluding carboxylic acids is 2. The number of aldehydes is 1. The van der Waals surface area contributed by atoms with Gasteiger partial charge in [-0.25, -0.2) is 4.98 Å². The summed E-state index contributed by atoms with van der Waals surface area (Å²) in [5.41, 5.74) is 0.707. The van der Waals surface area contributed by atoms with Gasteiger partial charge in [0.15, 0.2) is 12.1 Å². The smallest absolute Gasteiger partial charge is 0.185 e. The minimum atomic E-state index is 0.0942. The Balaban J connectivity index is 1.92. The van der Waals surface area contributed by atoms with E-state index in [0.717, 1.165) is 12.8 Å². The largest absolute Gasteiger partial charge is 0.381 e. The fraction of sp³-hybridized carbons (Fsp3) is 0.545. The van der Waals surface area contributed by atoms with Crippen molar-refractivity contribution in [2.45, 2.75) is 19.3 Å². The second-order valence-electron chi connectivity index (χ2n) is 3.94. The van der Waals surface area contributed by atoms with Crippen LogP contribution in [0.3, 0.4) is 0 Å². The highest BCUT2D eigenvalue weighted by atomic mass is 16.5. The summed E-state index contributed by atoms with van der Waals surface area (Å²) in [6, 6.07) is 0. The third-order valence-corrected chi connectivity index (χ3v) is 2.80. The third-order valence-electron chi connectivity index (χ3n) is 2.80. The number of hydrogen-bond acceptors (Lipinski definition) is 4. The zero-order chi connectivity index (χ0) is 11.4. The molecule has 0 amide bonds. The molecule has 0 atom stereocenters. The lowest BCUT2D eigenvalue weighted by Crippen LogP contribution is -2.24. The summed E-state index contributed by atoms with van der Waals surface area (Å²) in [5, 5.41) is 0. The lowest BCUT2D eigenvalue weighted by atomic mass is 9.93. The van der Waals surface area contributed by atoms with Crippen LogP contribution in [-0.4, -0.2) is 35.3 Å².